The van der Waals surface area contributed by atoms with Gasteiger partial charge in [0.15, 0.2) is 0 Å². The summed E-state index contributed by atoms with van der Waals surface area (Å²) in [6.45, 7) is 2.24. The average Bonchev–Trinajstić information content (AvgIpc) is 3.05. The first-order valence-corrected chi connectivity index (χ1v) is 7.96. The summed E-state index contributed by atoms with van der Waals surface area (Å²) >= 11 is 0. The van der Waals surface area contributed by atoms with Crippen LogP contribution >= 0.6 is 0 Å². The molecule has 114 valence electrons. The van der Waals surface area contributed by atoms with Gasteiger partial charge in [-0.3, -0.25) is 0 Å². The summed E-state index contributed by atoms with van der Waals surface area (Å²) in [7, 11) is 0. The fourth-order valence-electron chi connectivity index (χ4n) is 3.24. The summed E-state index contributed by atoms with van der Waals surface area (Å²) in [4.78, 5) is 0. The normalized spacial score (nSPS) is 24.6. The van der Waals surface area contributed by atoms with Crippen LogP contribution < -0.4 is 5.32 Å². The van der Waals surface area contributed by atoms with Crippen molar-refractivity contribution >= 4 is 5.69 Å². The van der Waals surface area contributed by atoms with Gasteiger partial charge in [0.1, 0.15) is 5.76 Å². The van der Waals surface area contributed by atoms with Gasteiger partial charge in [-0.05, 0) is 67.5 Å². The molecule has 22 heavy (non-hydrogen) atoms. The highest BCUT2D eigenvalue weighted by atomic mass is 16.3. The lowest BCUT2D eigenvalue weighted by Gasteiger charge is -2.36. The number of rotatable bonds is 4. The predicted octanol–water partition coefficient (Wildman–Crippen LogP) is 5.22. The van der Waals surface area contributed by atoms with Gasteiger partial charge in [0.25, 0.3) is 0 Å². The van der Waals surface area contributed by atoms with Gasteiger partial charge in [0, 0.05) is 23.7 Å². The second kappa shape index (κ2) is 6.27. The quantitative estimate of drug-likeness (QED) is 0.840. The molecule has 0 unspecified atom stereocenters. The summed E-state index contributed by atoms with van der Waals surface area (Å²) in [5, 5.41) is 12.5. The fraction of sp³-hybridized carbons (Fsp3) is 0.421. The van der Waals surface area contributed by atoms with Gasteiger partial charge in [-0.15, -0.1) is 0 Å². The van der Waals surface area contributed by atoms with Crippen LogP contribution in [0.5, 0.6) is 0 Å². The van der Waals surface area contributed by atoms with Crippen LogP contribution in [0.1, 0.15) is 39.0 Å². The van der Waals surface area contributed by atoms with E-state index in [1.54, 1.807) is 6.26 Å². The second-order valence-electron chi connectivity index (χ2n) is 6.62. The number of hydrogen-bond acceptors (Lipinski definition) is 3. The molecule has 0 bridgehead atoms. The molecule has 1 fully saturated rings. The van der Waals surface area contributed by atoms with Gasteiger partial charge in [-0.2, -0.15) is 5.26 Å². The molecule has 1 saturated carbocycles. The fourth-order valence-corrected chi connectivity index (χ4v) is 3.24. The van der Waals surface area contributed by atoms with Crippen LogP contribution in [0.25, 0.3) is 11.3 Å². The van der Waals surface area contributed by atoms with Crippen molar-refractivity contribution in [3.63, 3.8) is 0 Å². The van der Waals surface area contributed by atoms with E-state index in [1.807, 2.05) is 12.1 Å². The van der Waals surface area contributed by atoms with Crippen molar-refractivity contribution in [1.82, 2.24) is 0 Å². The average molecular weight is 294 g/mol. The minimum atomic E-state index is 0.218. The highest BCUT2D eigenvalue weighted by molar-refractivity contribution is 5.61. The second-order valence-corrected chi connectivity index (χ2v) is 6.62. The molecule has 1 aromatic heterocycles. The Morgan fingerprint density at radius 2 is 1.95 bits per heavy atom. The smallest absolute Gasteiger partial charge is 0.133 e. The number of nitriles is 1. The van der Waals surface area contributed by atoms with Gasteiger partial charge in [-0.1, -0.05) is 6.92 Å². The lowest BCUT2D eigenvalue weighted by Crippen LogP contribution is -2.31. The highest BCUT2D eigenvalue weighted by Gasteiger charge is 2.30. The van der Waals surface area contributed by atoms with Crippen molar-refractivity contribution in [2.75, 3.05) is 5.32 Å². The van der Waals surface area contributed by atoms with Crippen LogP contribution in [0, 0.1) is 16.7 Å². The third kappa shape index (κ3) is 3.33. The Morgan fingerprint density at radius 3 is 2.55 bits per heavy atom. The zero-order valence-corrected chi connectivity index (χ0v) is 13.0. The van der Waals surface area contributed by atoms with E-state index < -0.39 is 0 Å². The summed E-state index contributed by atoms with van der Waals surface area (Å²) < 4.78 is 5.41. The topological polar surface area (TPSA) is 49.0 Å². The van der Waals surface area contributed by atoms with Crippen molar-refractivity contribution in [3.8, 4) is 17.4 Å². The summed E-state index contributed by atoms with van der Waals surface area (Å²) in [6, 6.07) is 15.1. The molecule has 3 nitrogen and oxygen atoms in total. The summed E-state index contributed by atoms with van der Waals surface area (Å²) in [5.74, 6) is 0.900. The van der Waals surface area contributed by atoms with Crippen LogP contribution in [-0.2, 0) is 0 Å². The van der Waals surface area contributed by atoms with E-state index in [-0.39, 0.29) is 5.41 Å². The Bertz CT molecular complexity index is 629. The summed E-state index contributed by atoms with van der Waals surface area (Å²) in [6.07, 6.45) is 6.90. The molecule has 1 heterocycles. The molecule has 3 heteroatoms. The number of furan rings is 1. The largest absolute Gasteiger partial charge is 0.464 e. The van der Waals surface area contributed by atoms with Crippen molar-refractivity contribution in [2.45, 2.75) is 45.1 Å². The Balaban J connectivity index is 1.57. The third-order valence-electron chi connectivity index (χ3n) is 4.76. The van der Waals surface area contributed by atoms with E-state index in [1.165, 1.54) is 0 Å². The number of nitrogens with zero attached hydrogens (tertiary/aromatic N) is 1. The van der Waals surface area contributed by atoms with E-state index in [0.717, 1.165) is 42.7 Å². The molecule has 2 aromatic rings. The number of hydrogen-bond donors (Lipinski definition) is 1. The van der Waals surface area contributed by atoms with E-state index in [4.69, 9.17) is 9.68 Å². The minimum absolute atomic E-state index is 0.218. The zero-order chi connectivity index (χ0) is 15.4. The Hall–Kier alpha value is -2.21. The molecular formula is C19H22N2O. The molecule has 0 amide bonds. The van der Waals surface area contributed by atoms with Crippen LogP contribution in [0.15, 0.2) is 47.1 Å². The lowest BCUT2D eigenvalue weighted by molar-refractivity contribution is 0.211. The van der Waals surface area contributed by atoms with E-state index in [0.29, 0.717) is 12.5 Å². The number of nitrogens with one attached hydrogen (secondary N) is 1. The van der Waals surface area contributed by atoms with Gasteiger partial charge >= 0.3 is 0 Å². The molecule has 1 N–H and O–H groups in total. The van der Waals surface area contributed by atoms with E-state index in [9.17, 15) is 0 Å². The molecule has 1 aliphatic rings. The first-order valence-electron chi connectivity index (χ1n) is 7.96. The predicted molar refractivity (Wildman–Crippen MR) is 88.4 cm³/mol. The Kier molecular flexibility index (Phi) is 4.20. The van der Waals surface area contributed by atoms with Crippen LogP contribution in [0.3, 0.4) is 0 Å². The Morgan fingerprint density at radius 1 is 1.23 bits per heavy atom. The van der Waals surface area contributed by atoms with Crippen molar-refractivity contribution in [1.29, 1.82) is 5.26 Å². The van der Waals surface area contributed by atoms with Crippen LogP contribution in [0.4, 0.5) is 5.69 Å². The molecule has 0 atom stereocenters. The third-order valence-corrected chi connectivity index (χ3v) is 4.76. The number of benzene rings is 1. The molecule has 0 radical (unpaired) electrons. The maximum Gasteiger partial charge on any atom is 0.133 e. The lowest BCUT2D eigenvalue weighted by atomic mass is 9.72. The summed E-state index contributed by atoms with van der Waals surface area (Å²) in [5.41, 5.74) is 2.47. The van der Waals surface area contributed by atoms with Gasteiger partial charge in [-0.25, -0.2) is 0 Å². The molecule has 3 rings (SSSR count). The molecule has 0 spiro atoms. The van der Waals surface area contributed by atoms with Crippen molar-refractivity contribution in [2.24, 2.45) is 5.41 Å². The SMILES string of the molecule is CC1(CC#N)CCC(Nc2ccc(-c3ccco3)cc2)CC1. The minimum Gasteiger partial charge on any atom is -0.464 e. The van der Waals surface area contributed by atoms with Crippen molar-refractivity contribution in [3.05, 3.63) is 42.7 Å². The molecule has 0 saturated heterocycles. The van der Waals surface area contributed by atoms with Gasteiger partial charge in [0.2, 0.25) is 0 Å². The monoisotopic (exact) mass is 294 g/mol. The van der Waals surface area contributed by atoms with Crippen LogP contribution in [0.2, 0.25) is 0 Å². The van der Waals surface area contributed by atoms with Gasteiger partial charge < -0.3 is 9.73 Å². The maximum atomic E-state index is 8.92. The van der Waals surface area contributed by atoms with E-state index >= 15 is 0 Å². The maximum absolute atomic E-state index is 8.92. The van der Waals surface area contributed by atoms with Gasteiger partial charge in [0.05, 0.1) is 12.3 Å². The molecule has 1 aromatic carbocycles. The standard InChI is InChI=1S/C19H22N2O/c1-19(12-13-20)10-8-17(9-11-19)21-16-6-4-15(5-7-16)18-3-2-14-22-18/h2-7,14,17,21H,8-12H2,1H3. The molecule has 0 aliphatic heterocycles. The first-order chi connectivity index (χ1) is 10.7. The Labute approximate surface area is 132 Å². The highest BCUT2D eigenvalue weighted by Crippen LogP contribution is 2.39. The molecular weight excluding hydrogens is 272 g/mol. The van der Waals surface area contributed by atoms with Crippen LogP contribution in [-0.4, -0.2) is 6.04 Å². The van der Waals surface area contributed by atoms with E-state index in [2.05, 4.69) is 42.6 Å². The number of anilines is 1. The molecule has 1 aliphatic carbocycles. The first kappa shape index (κ1) is 14.7. The van der Waals surface area contributed by atoms with Crippen molar-refractivity contribution < 1.29 is 4.42 Å². The zero-order valence-electron chi connectivity index (χ0n) is 13.0.